The average molecular weight is 308 g/mol. The molecule has 4 heteroatoms. The minimum Gasteiger partial charge on any atom is -0.365 e. The van der Waals surface area contributed by atoms with Gasteiger partial charge in [-0.25, -0.2) is 0 Å². The fraction of sp³-hybridized carbons (Fsp3) is 0.500. The Labute approximate surface area is 117 Å². The second-order valence-corrected chi connectivity index (χ2v) is 5.58. The van der Waals surface area contributed by atoms with Crippen LogP contribution in [0.1, 0.15) is 18.4 Å². The molecular weight excluding hydrogens is 290 g/mol. The summed E-state index contributed by atoms with van der Waals surface area (Å²) in [6.07, 6.45) is 1.68. The SMILES string of the molecule is Cc1ccc(N2CCCNCC2CC#N)c(Br)c1. The molecule has 1 unspecified atom stereocenters. The van der Waals surface area contributed by atoms with Gasteiger partial charge in [0.25, 0.3) is 0 Å². The first-order valence-electron chi connectivity index (χ1n) is 6.33. The quantitative estimate of drug-likeness (QED) is 0.913. The Kier molecular flexibility index (Phi) is 4.62. The Balaban J connectivity index is 2.29. The molecule has 1 aliphatic heterocycles. The molecule has 0 spiro atoms. The van der Waals surface area contributed by atoms with Crippen LogP contribution in [0.2, 0.25) is 0 Å². The molecule has 96 valence electrons. The van der Waals surface area contributed by atoms with Crippen molar-refractivity contribution in [2.24, 2.45) is 0 Å². The lowest BCUT2D eigenvalue weighted by molar-refractivity contribution is 0.596. The second-order valence-electron chi connectivity index (χ2n) is 4.72. The summed E-state index contributed by atoms with van der Waals surface area (Å²) in [4.78, 5) is 2.35. The highest BCUT2D eigenvalue weighted by atomic mass is 79.9. The van der Waals surface area contributed by atoms with E-state index in [9.17, 15) is 0 Å². The number of rotatable bonds is 2. The van der Waals surface area contributed by atoms with Crippen LogP contribution in [-0.2, 0) is 0 Å². The van der Waals surface area contributed by atoms with Crippen molar-refractivity contribution in [3.63, 3.8) is 0 Å². The number of hydrogen-bond acceptors (Lipinski definition) is 3. The summed E-state index contributed by atoms with van der Waals surface area (Å²) in [6, 6.07) is 8.97. The molecule has 1 aromatic rings. The number of halogens is 1. The van der Waals surface area contributed by atoms with Crippen LogP contribution in [-0.4, -0.2) is 25.7 Å². The van der Waals surface area contributed by atoms with Crippen molar-refractivity contribution in [1.82, 2.24) is 5.32 Å². The summed E-state index contributed by atoms with van der Waals surface area (Å²) in [7, 11) is 0. The third-order valence-electron chi connectivity index (χ3n) is 3.31. The van der Waals surface area contributed by atoms with Gasteiger partial charge in [-0.3, -0.25) is 0 Å². The molecule has 3 nitrogen and oxygen atoms in total. The Bertz CT molecular complexity index is 453. The summed E-state index contributed by atoms with van der Waals surface area (Å²) in [5, 5.41) is 12.4. The highest BCUT2D eigenvalue weighted by molar-refractivity contribution is 9.10. The molecular formula is C14H18BrN3. The van der Waals surface area contributed by atoms with Crippen LogP contribution in [0.25, 0.3) is 0 Å². The van der Waals surface area contributed by atoms with Crippen LogP contribution in [0.3, 0.4) is 0 Å². The van der Waals surface area contributed by atoms with E-state index in [-0.39, 0.29) is 6.04 Å². The topological polar surface area (TPSA) is 39.1 Å². The van der Waals surface area contributed by atoms with Crippen LogP contribution in [0.15, 0.2) is 22.7 Å². The van der Waals surface area contributed by atoms with E-state index < -0.39 is 0 Å². The zero-order valence-corrected chi connectivity index (χ0v) is 12.2. The third-order valence-corrected chi connectivity index (χ3v) is 3.95. The van der Waals surface area contributed by atoms with Crippen molar-refractivity contribution in [2.75, 3.05) is 24.5 Å². The van der Waals surface area contributed by atoms with E-state index in [1.807, 2.05) is 0 Å². The van der Waals surface area contributed by atoms with Crippen molar-refractivity contribution in [2.45, 2.75) is 25.8 Å². The number of hydrogen-bond donors (Lipinski definition) is 1. The van der Waals surface area contributed by atoms with Gasteiger partial charge in [-0.15, -0.1) is 0 Å². The molecule has 0 bridgehead atoms. The molecule has 1 fully saturated rings. The number of benzene rings is 1. The van der Waals surface area contributed by atoms with Crippen LogP contribution < -0.4 is 10.2 Å². The fourth-order valence-electron chi connectivity index (χ4n) is 2.39. The summed E-state index contributed by atoms with van der Waals surface area (Å²) in [5.74, 6) is 0. The first-order chi connectivity index (χ1) is 8.72. The van der Waals surface area contributed by atoms with Gasteiger partial charge in [-0.05, 0) is 53.5 Å². The van der Waals surface area contributed by atoms with E-state index in [1.165, 1.54) is 11.3 Å². The molecule has 0 aliphatic carbocycles. The van der Waals surface area contributed by atoms with Crippen molar-refractivity contribution in [3.05, 3.63) is 28.2 Å². The summed E-state index contributed by atoms with van der Waals surface area (Å²) in [6.45, 7) is 5.00. The highest BCUT2D eigenvalue weighted by Gasteiger charge is 2.22. The first-order valence-corrected chi connectivity index (χ1v) is 7.12. The average Bonchev–Trinajstić information content (AvgIpc) is 2.56. The zero-order valence-electron chi connectivity index (χ0n) is 10.6. The first kappa shape index (κ1) is 13.4. The Morgan fingerprint density at radius 2 is 2.39 bits per heavy atom. The van der Waals surface area contributed by atoms with Crippen molar-refractivity contribution < 1.29 is 0 Å². The molecule has 0 radical (unpaired) electrons. The third kappa shape index (κ3) is 3.04. The van der Waals surface area contributed by atoms with E-state index in [2.05, 4.69) is 57.3 Å². The number of nitrogens with one attached hydrogen (secondary N) is 1. The van der Waals surface area contributed by atoms with Crippen molar-refractivity contribution in [3.8, 4) is 6.07 Å². The molecule has 1 aliphatic rings. The van der Waals surface area contributed by atoms with E-state index in [0.29, 0.717) is 6.42 Å². The summed E-state index contributed by atoms with van der Waals surface area (Å²) >= 11 is 3.64. The van der Waals surface area contributed by atoms with Gasteiger partial charge in [0.15, 0.2) is 0 Å². The Morgan fingerprint density at radius 1 is 1.56 bits per heavy atom. The maximum Gasteiger partial charge on any atom is 0.0643 e. The molecule has 1 saturated heterocycles. The van der Waals surface area contributed by atoms with E-state index in [4.69, 9.17) is 5.26 Å². The van der Waals surface area contributed by atoms with Gasteiger partial charge in [0, 0.05) is 17.6 Å². The maximum atomic E-state index is 8.97. The summed E-state index contributed by atoms with van der Waals surface area (Å²) in [5.41, 5.74) is 2.44. The minimum atomic E-state index is 0.261. The van der Waals surface area contributed by atoms with Crippen molar-refractivity contribution >= 4 is 21.6 Å². The standard InChI is InChI=1S/C14H18BrN3/c1-11-3-4-14(13(15)9-11)18-8-2-7-17-10-12(18)5-6-16/h3-4,9,12,17H,2,5,7-8,10H2,1H3. The number of nitriles is 1. The molecule has 1 heterocycles. The smallest absolute Gasteiger partial charge is 0.0643 e. The largest absolute Gasteiger partial charge is 0.365 e. The van der Waals surface area contributed by atoms with Crippen LogP contribution in [0.5, 0.6) is 0 Å². The van der Waals surface area contributed by atoms with Crippen LogP contribution in [0.4, 0.5) is 5.69 Å². The predicted molar refractivity (Wildman–Crippen MR) is 77.7 cm³/mol. The fourth-order valence-corrected chi connectivity index (χ4v) is 3.11. The van der Waals surface area contributed by atoms with Gasteiger partial charge >= 0.3 is 0 Å². The lowest BCUT2D eigenvalue weighted by atomic mass is 10.1. The van der Waals surface area contributed by atoms with Crippen molar-refractivity contribution in [1.29, 1.82) is 5.26 Å². The van der Waals surface area contributed by atoms with E-state index in [1.54, 1.807) is 0 Å². The van der Waals surface area contributed by atoms with Gasteiger partial charge in [0.2, 0.25) is 0 Å². The van der Waals surface area contributed by atoms with Crippen LogP contribution in [0, 0.1) is 18.3 Å². The molecule has 1 N–H and O–H groups in total. The predicted octanol–water partition coefficient (Wildman–Crippen LogP) is 2.84. The van der Waals surface area contributed by atoms with Crippen LogP contribution >= 0.6 is 15.9 Å². The number of aryl methyl sites for hydroxylation is 1. The van der Waals surface area contributed by atoms with Gasteiger partial charge in [-0.2, -0.15) is 5.26 Å². The molecule has 0 amide bonds. The Morgan fingerprint density at radius 3 is 3.11 bits per heavy atom. The normalized spacial score (nSPS) is 20.3. The van der Waals surface area contributed by atoms with Gasteiger partial charge in [-0.1, -0.05) is 6.07 Å². The minimum absolute atomic E-state index is 0.261. The molecule has 0 aromatic heterocycles. The second kappa shape index (κ2) is 6.21. The number of anilines is 1. The molecule has 0 saturated carbocycles. The molecule has 18 heavy (non-hydrogen) atoms. The van der Waals surface area contributed by atoms with E-state index >= 15 is 0 Å². The lowest BCUT2D eigenvalue weighted by Crippen LogP contribution is -2.39. The maximum absolute atomic E-state index is 8.97. The molecule has 2 rings (SSSR count). The van der Waals surface area contributed by atoms with Gasteiger partial charge in [0.05, 0.1) is 24.2 Å². The van der Waals surface area contributed by atoms with E-state index in [0.717, 1.165) is 30.5 Å². The van der Waals surface area contributed by atoms with Gasteiger partial charge < -0.3 is 10.2 Å². The Hall–Kier alpha value is -1.05. The zero-order chi connectivity index (χ0) is 13.0. The number of nitrogens with zero attached hydrogens (tertiary/aromatic N) is 2. The summed E-state index contributed by atoms with van der Waals surface area (Å²) < 4.78 is 1.12. The molecule has 1 atom stereocenters. The lowest BCUT2D eigenvalue weighted by Gasteiger charge is -2.31. The monoisotopic (exact) mass is 307 g/mol. The highest BCUT2D eigenvalue weighted by Crippen LogP contribution is 2.30. The van der Waals surface area contributed by atoms with Gasteiger partial charge in [0.1, 0.15) is 0 Å². The molecule has 1 aromatic carbocycles.